The zero-order valence-corrected chi connectivity index (χ0v) is 12.9. The van der Waals surface area contributed by atoms with Gasteiger partial charge in [-0.15, -0.1) is 0 Å². The monoisotopic (exact) mass is 263 g/mol. The molecule has 0 spiro atoms. The molecule has 0 amide bonds. The average molecular weight is 263 g/mol. The van der Waals surface area contributed by atoms with Crippen LogP contribution in [-0.4, -0.2) is 15.6 Å². The Hall–Kier alpha value is -0.830. The highest BCUT2D eigenvalue weighted by Crippen LogP contribution is 2.41. The van der Waals surface area contributed by atoms with E-state index in [-0.39, 0.29) is 6.04 Å². The maximum absolute atomic E-state index is 6.39. The summed E-state index contributed by atoms with van der Waals surface area (Å²) in [6.07, 6.45) is 9.84. The maximum atomic E-state index is 6.39. The van der Waals surface area contributed by atoms with Crippen molar-refractivity contribution >= 4 is 0 Å². The number of aromatic nitrogens is 2. The third-order valence-electron chi connectivity index (χ3n) is 4.67. The molecule has 1 fully saturated rings. The lowest BCUT2D eigenvalue weighted by Gasteiger charge is -2.41. The van der Waals surface area contributed by atoms with E-state index in [1.54, 1.807) is 0 Å². The Morgan fingerprint density at radius 3 is 2.74 bits per heavy atom. The second-order valence-corrected chi connectivity index (χ2v) is 7.11. The van der Waals surface area contributed by atoms with Crippen LogP contribution in [-0.2, 0) is 6.42 Å². The largest absolute Gasteiger partial charge is 0.330 e. The van der Waals surface area contributed by atoms with Crippen LogP contribution in [0.4, 0.5) is 0 Å². The number of aryl methyl sites for hydroxylation is 1. The van der Waals surface area contributed by atoms with E-state index in [0.29, 0.717) is 11.5 Å². The third kappa shape index (κ3) is 3.19. The van der Waals surface area contributed by atoms with Gasteiger partial charge in [0.25, 0.3) is 0 Å². The Morgan fingerprint density at radius 2 is 2.11 bits per heavy atom. The Kier molecular flexibility index (Phi) is 4.34. The summed E-state index contributed by atoms with van der Waals surface area (Å²) in [6.45, 7) is 9.27. The van der Waals surface area contributed by atoms with Crippen LogP contribution < -0.4 is 5.73 Å². The highest BCUT2D eigenvalue weighted by molar-refractivity contribution is 5.00. The van der Waals surface area contributed by atoms with Gasteiger partial charge in [-0.3, -0.25) is 0 Å². The molecular weight excluding hydrogens is 234 g/mol. The fraction of sp³-hybridized carbons (Fsp3) is 0.812. The standard InChI is InChI=1S/C16H29N3/c1-5-6-15-18-9-10-19(15)14-11-12(16(2,3)4)7-8-13(14)17/h9-10,12-14H,5-8,11,17H2,1-4H3. The molecule has 19 heavy (non-hydrogen) atoms. The first kappa shape index (κ1) is 14.6. The van der Waals surface area contributed by atoms with Crippen molar-refractivity contribution in [2.45, 2.75) is 71.9 Å². The van der Waals surface area contributed by atoms with Gasteiger partial charge < -0.3 is 10.3 Å². The van der Waals surface area contributed by atoms with Gasteiger partial charge >= 0.3 is 0 Å². The minimum absolute atomic E-state index is 0.281. The van der Waals surface area contributed by atoms with Gasteiger partial charge in [0, 0.05) is 24.9 Å². The molecule has 3 heteroatoms. The van der Waals surface area contributed by atoms with Crippen molar-refractivity contribution in [3.63, 3.8) is 0 Å². The fourth-order valence-electron chi connectivity index (χ4n) is 3.34. The lowest BCUT2D eigenvalue weighted by molar-refractivity contribution is 0.129. The highest BCUT2D eigenvalue weighted by atomic mass is 15.1. The van der Waals surface area contributed by atoms with Crippen LogP contribution in [0.25, 0.3) is 0 Å². The molecule has 0 saturated heterocycles. The van der Waals surface area contributed by atoms with E-state index >= 15 is 0 Å². The van der Waals surface area contributed by atoms with Crippen LogP contribution in [0.5, 0.6) is 0 Å². The normalized spacial score (nSPS) is 28.6. The van der Waals surface area contributed by atoms with Crippen molar-refractivity contribution in [2.24, 2.45) is 17.1 Å². The summed E-state index contributed by atoms with van der Waals surface area (Å²) in [4.78, 5) is 4.51. The van der Waals surface area contributed by atoms with Gasteiger partial charge in [-0.2, -0.15) is 0 Å². The van der Waals surface area contributed by atoms with Crippen LogP contribution in [0, 0.1) is 11.3 Å². The molecule has 0 aromatic carbocycles. The van der Waals surface area contributed by atoms with E-state index in [4.69, 9.17) is 5.73 Å². The molecule has 3 atom stereocenters. The van der Waals surface area contributed by atoms with Crippen molar-refractivity contribution < 1.29 is 0 Å². The SMILES string of the molecule is CCCc1nccn1C1CC(C(C)(C)C)CCC1N. The Labute approximate surface area is 117 Å². The van der Waals surface area contributed by atoms with Crippen LogP contribution >= 0.6 is 0 Å². The molecule has 108 valence electrons. The van der Waals surface area contributed by atoms with Gasteiger partial charge in [-0.05, 0) is 37.0 Å². The zero-order valence-electron chi connectivity index (χ0n) is 12.9. The highest BCUT2D eigenvalue weighted by Gasteiger charge is 2.35. The number of nitrogens with two attached hydrogens (primary N) is 1. The van der Waals surface area contributed by atoms with Crippen LogP contribution in [0.3, 0.4) is 0 Å². The van der Waals surface area contributed by atoms with Crippen LogP contribution in [0.15, 0.2) is 12.4 Å². The molecule has 1 heterocycles. The molecule has 1 aliphatic rings. The van der Waals surface area contributed by atoms with Crippen LogP contribution in [0.1, 0.15) is 65.2 Å². The van der Waals surface area contributed by atoms with Crippen molar-refractivity contribution in [3.05, 3.63) is 18.2 Å². The number of imidazole rings is 1. The molecule has 1 aromatic heterocycles. The average Bonchev–Trinajstić information content (AvgIpc) is 2.77. The zero-order chi connectivity index (χ0) is 14.0. The first-order valence-corrected chi connectivity index (χ1v) is 7.70. The van der Waals surface area contributed by atoms with Crippen molar-refractivity contribution in [2.75, 3.05) is 0 Å². The van der Waals surface area contributed by atoms with E-state index in [1.807, 2.05) is 6.20 Å². The minimum atomic E-state index is 0.281. The molecule has 1 aliphatic carbocycles. The summed E-state index contributed by atoms with van der Waals surface area (Å²) in [7, 11) is 0. The number of hydrogen-bond donors (Lipinski definition) is 1. The van der Waals surface area contributed by atoms with Gasteiger partial charge in [0.2, 0.25) is 0 Å². The van der Waals surface area contributed by atoms with Gasteiger partial charge in [0.1, 0.15) is 5.82 Å². The smallest absolute Gasteiger partial charge is 0.108 e. The predicted octanol–water partition coefficient (Wildman–Crippen LogP) is 3.55. The van der Waals surface area contributed by atoms with E-state index in [0.717, 1.165) is 25.2 Å². The molecule has 3 unspecified atom stereocenters. The first-order valence-electron chi connectivity index (χ1n) is 7.70. The van der Waals surface area contributed by atoms with Gasteiger partial charge in [0.05, 0.1) is 6.04 Å². The van der Waals surface area contributed by atoms with E-state index < -0.39 is 0 Å². The molecular formula is C16H29N3. The van der Waals surface area contributed by atoms with Crippen molar-refractivity contribution in [1.29, 1.82) is 0 Å². The predicted molar refractivity (Wildman–Crippen MR) is 80.0 cm³/mol. The van der Waals surface area contributed by atoms with Gasteiger partial charge in [-0.1, -0.05) is 27.7 Å². The topological polar surface area (TPSA) is 43.8 Å². The van der Waals surface area contributed by atoms with E-state index in [2.05, 4.69) is 43.4 Å². The fourth-order valence-corrected chi connectivity index (χ4v) is 3.34. The minimum Gasteiger partial charge on any atom is -0.330 e. The second kappa shape index (κ2) is 5.66. The lowest BCUT2D eigenvalue weighted by Crippen LogP contribution is -2.41. The van der Waals surface area contributed by atoms with Crippen LogP contribution in [0.2, 0.25) is 0 Å². The van der Waals surface area contributed by atoms with E-state index in [1.165, 1.54) is 18.7 Å². The summed E-state index contributed by atoms with van der Waals surface area (Å²) < 4.78 is 2.35. The number of rotatable bonds is 3. The van der Waals surface area contributed by atoms with Gasteiger partial charge in [0.15, 0.2) is 0 Å². The second-order valence-electron chi connectivity index (χ2n) is 7.11. The third-order valence-corrected chi connectivity index (χ3v) is 4.67. The molecule has 1 saturated carbocycles. The van der Waals surface area contributed by atoms with Gasteiger partial charge in [-0.25, -0.2) is 4.98 Å². The summed E-state index contributed by atoms with van der Waals surface area (Å²) >= 11 is 0. The summed E-state index contributed by atoms with van der Waals surface area (Å²) in [5, 5.41) is 0. The van der Waals surface area contributed by atoms with Crippen molar-refractivity contribution in [1.82, 2.24) is 9.55 Å². The Balaban J connectivity index is 2.19. The molecule has 1 aromatic rings. The molecule has 0 radical (unpaired) electrons. The molecule has 0 aliphatic heterocycles. The molecule has 3 nitrogen and oxygen atoms in total. The number of hydrogen-bond acceptors (Lipinski definition) is 2. The first-order chi connectivity index (χ1) is 8.93. The molecule has 2 N–H and O–H groups in total. The molecule has 2 rings (SSSR count). The van der Waals surface area contributed by atoms with E-state index in [9.17, 15) is 0 Å². The summed E-state index contributed by atoms with van der Waals surface area (Å²) in [5.74, 6) is 1.96. The maximum Gasteiger partial charge on any atom is 0.108 e. The van der Waals surface area contributed by atoms with Crippen molar-refractivity contribution in [3.8, 4) is 0 Å². The Morgan fingerprint density at radius 1 is 1.37 bits per heavy atom. The summed E-state index contributed by atoms with van der Waals surface area (Å²) in [5.41, 5.74) is 6.77. The molecule has 0 bridgehead atoms. The Bertz CT molecular complexity index is 402. The summed E-state index contributed by atoms with van der Waals surface area (Å²) in [6, 6.07) is 0.713. The number of nitrogens with zero attached hydrogens (tertiary/aromatic N) is 2. The lowest BCUT2D eigenvalue weighted by atomic mass is 9.69. The quantitative estimate of drug-likeness (QED) is 0.906.